The van der Waals surface area contributed by atoms with Crippen LogP contribution in [-0.4, -0.2) is 52.1 Å². The number of rotatable bonds is 4. The molecular weight excluding hydrogens is 440 g/mol. The number of aromatic nitrogens is 2. The van der Waals surface area contributed by atoms with E-state index in [2.05, 4.69) is 30.7 Å². The largest absolute Gasteiger partial charge is 0.381 e. The van der Waals surface area contributed by atoms with Gasteiger partial charge < -0.3 is 19.5 Å². The lowest BCUT2D eigenvalue weighted by Crippen LogP contribution is -2.52. The summed E-state index contributed by atoms with van der Waals surface area (Å²) in [7, 11) is 0. The maximum atomic E-state index is 13.8. The third-order valence-electron chi connectivity index (χ3n) is 9.39. The Labute approximate surface area is 207 Å². The Bertz CT molecular complexity index is 1150. The summed E-state index contributed by atoms with van der Waals surface area (Å²) in [6.07, 6.45) is 4.35. The molecule has 4 aliphatic rings. The van der Waals surface area contributed by atoms with E-state index in [1.54, 1.807) is 0 Å². The smallest absolute Gasteiger partial charge is 0.272 e. The lowest BCUT2D eigenvalue weighted by Gasteiger charge is -2.43. The fourth-order valence-electron chi connectivity index (χ4n) is 7.39. The number of amides is 2. The average molecular weight is 477 g/mol. The highest BCUT2D eigenvalue weighted by molar-refractivity contribution is 5.95. The predicted octanol–water partition coefficient (Wildman–Crippen LogP) is 3.87. The van der Waals surface area contributed by atoms with E-state index in [0.29, 0.717) is 44.5 Å². The van der Waals surface area contributed by atoms with Crippen LogP contribution < -0.4 is 5.32 Å². The minimum absolute atomic E-state index is 0.0647. The number of fused-ring (bicyclic) bond motifs is 3. The highest BCUT2D eigenvalue weighted by atomic mass is 16.5. The molecule has 2 aliphatic carbocycles. The number of ether oxygens (including phenoxy) is 1. The number of nitrogens with one attached hydrogen (secondary N) is 1. The standard InChI is InChI=1S/C28H36N4O3/c1-27(2)20-9-11-28(3,15-20)26(27)30-24(33)22-21-16-31(25(34)19-10-14-35-17-19)12-13-32(21)23(29-22)18-7-5-4-6-8-18/h4-8,19-20,26H,9-17H2,1-3H3,(H,30,33). The summed E-state index contributed by atoms with van der Waals surface area (Å²) < 4.78 is 7.61. The minimum atomic E-state index is -0.110. The van der Waals surface area contributed by atoms with Crippen molar-refractivity contribution in [2.75, 3.05) is 19.8 Å². The first-order valence-electron chi connectivity index (χ1n) is 13.1. The van der Waals surface area contributed by atoms with Gasteiger partial charge in [0.05, 0.1) is 24.8 Å². The van der Waals surface area contributed by atoms with Gasteiger partial charge in [0.25, 0.3) is 5.91 Å². The fraction of sp³-hybridized carbons (Fsp3) is 0.607. The highest BCUT2D eigenvalue weighted by Crippen LogP contribution is 2.62. The van der Waals surface area contributed by atoms with Gasteiger partial charge >= 0.3 is 0 Å². The quantitative estimate of drug-likeness (QED) is 0.727. The Morgan fingerprint density at radius 2 is 1.91 bits per heavy atom. The zero-order valence-corrected chi connectivity index (χ0v) is 21.0. The van der Waals surface area contributed by atoms with Crippen molar-refractivity contribution in [3.05, 3.63) is 41.7 Å². The highest BCUT2D eigenvalue weighted by Gasteiger charge is 2.59. The van der Waals surface area contributed by atoms with Crippen molar-refractivity contribution in [1.82, 2.24) is 19.8 Å². The van der Waals surface area contributed by atoms with Crippen LogP contribution in [0.1, 0.15) is 62.6 Å². The van der Waals surface area contributed by atoms with Gasteiger partial charge in [-0.25, -0.2) is 4.98 Å². The van der Waals surface area contributed by atoms with Crippen molar-refractivity contribution >= 4 is 11.8 Å². The molecule has 2 saturated carbocycles. The third-order valence-corrected chi connectivity index (χ3v) is 9.39. The monoisotopic (exact) mass is 476 g/mol. The first-order chi connectivity index (χ1) is 16.8. The van der Waals surface area contributed by atoms with Crippen molar-refractivity contribution in [1.29, 1.82) is 0 Å². The van der Waals surface area contributed by atoms with Crippen molar-refractivity contribution in [3.63, 3.8) is 0 Å². The molecule has 6 rings (SSSR count). The molecule has 2 aliphatic heterocycles. The molecule has 1 saturated heterocycles. The molecule has 0 radical (unpaired) electrons. The summed E-state index contributed by atoms with van der Waals surface area (Å²) in [5.74, 6) is 1.39. The van der Waals surface area contributed by atoms with E-state index >= 15 is 0 Å². The first kappa shape index (κ1) is 22.8. The van der Waals surface area contributed by atoms with Crippen LogP contribution in [0.25, 0.3) is 11.4 Å². The van der Waals surface area contributed by atoms with Gasteiger partial charge in [0.15, 0.2) is 5.69 Å². The number of carbonyl (C=O) groups excluding carboxylic acids is 2. The van der Waals surface area contributed by atoms with E-state index in [4.69, 9.17) is 9.72 Å². The van der Waals surface area contributed by atoms with Crippen LogP contribution in [0, 0.1) is 22.7 Å². The zero-order chi connectivity index (χ0) is 24.4. The van der Waals surface area contributed by atoms with E-state index in [9.17, 15) is 9.59 Å². The molecule has 1 aromatic heterocycles. The number of hydrogen-bond donors (Lipinski definition) is 1. The minimum Gasteiger partial charge on any atom is -0.381 e. The summed E-state index contributed by atoms with van der Waals surface area (Å²) >= 11 is 0. The summed E-state index contributed by atoms with van der Waals surface area (Å²) in [5.41, 5.74) is 2.49. The van der Waals surface area contributed by atoms with Gasteiger partial charge in [-0.1, -0.05) is 51.1 Å². The SMILES string of the molecule is CC12CCC(C1)C(C)(C)C2NC(=O)c1nc(-c2ccccc2)n2c1CN(C(=O)C1CCOC1)CC2. The molecule has 1 N–H and O–H groups in total. The Morgan fingerprint density at radius 1 is 1.11 bits per heavy atom. The Morgan fingerprint density at radius 3 is 2.60 bits per heavy atom. The molecule has 2 amide bonds. The number of hydrogen-bond acceptors (Lipinski definition) is 4. The molecule has 1 aromatic carbocycles. The number of imidazole rings is 1. The maximum Gasteiger partial charge on any atom is 0.272 e. The lowest BCUT2D eigenvalue weighted by atomic mass is 9.68. The number of carbonyl (C=O) groups is 2. The average Bonchev–Trinajstić information content (AvgIpc) is 3.63. The Kier molecular flexibility index (Phi) is 5.33. The van der Waals surface area contributed by atoms with Crippen molar-refractivity contribution in [2.24, 2.45) is 22.7 Å². The van der Waals surface area contributed by atoms with Crippen molar-refractivity contribution in [3.8, 4) is 11.4 Å². The van der Waals surface area contributed by atoms with Crippen LogP contribution in [0.4, 0.5) is 0 Å². The molecule has 3 fully saturated rings. The first-order valence-corrected chi connectivity index (χ1v) is 13.1. The molecule has 4 unspecified atom stereocenters. The van der Waals surface area contributed by atoms with Crippen LogP contribution in [-0.2, 0) is 22.6 Å². The predicted molar refractivity (Wildman–Crippen MR) is 132 cm³/mol. The third kappa shape index (κ3) is 3.62. The second-order valence-electron chi connectivity index (χ2n) is 11.9. The topological polar surface area (TPSA) is 76.5 Å². The fourth-order valence-corrected chi connectivity index (χ4v) is 7.39. The molecule has 186 valence electrons. The van der Waals surface area contributed by atoms with E-state index in [1.807, 2.05) is 35.2 Å². The van der Waals surface area contributed by atoms with Gasteiger partial charge in [-0.2, -0.15) is 0 Å². The number of benzene rings is 1. The Balaban J connectivity index is 1.34. The molecule has 35 heavy (non-hydrogen) atoms. The number of nitrogens with zero attached hydrogens (tertiary/aromatic N) is 3. The van der Waals surface area contributed by atoms with Crippen LogP contribution >= 0.6 is 0 Å². The van der Waals surface area contributed by atoms with Crippen molar-refractivity contribution in [2.45, 2.75) is 65.6 Å². The molecule has 2 bridgehead atoms. The van der Waals surface area contributed by atoms with Gasteiger partial charge in [-0.05, 0) is 42.4 Å². The maximum absolute atomic E-state index is 13.8. The zero-order valence-electron chi connectivity index (χ0n) is 21.0. The molecule has 0 spiro atoms. The second-order valence-corrected chi connectivity index (χ2v) is 11.9. The summed E-state index contributed by atoms with van der Waals surface area (Å²) in [6, 6.07) is 10.2. The molecule has 3 heterocycles. The summed E-state index contributed by atoms with van der Waals surface area (Å²) in [6.45, 7) is 9.73. The molecule has 2 aromatic rings. The van der Waals surface area contributed by atoms with Crippen LogP contribution in [0.2, 0.25) is 0 Å². The van der Waals surface area contributed by atoms with E-state index in [0.717, 1.165) is 29.9 Å². The molecular formula is C28H36N4O3. The lowest BCUT2D eigenvalue weighted by molar-refractivity contribution is -0.137. The Hall–Kier alpha value is -2.67. The van der Waals surface area contributed by atoms with Gasteiger partial charge in [0, 0.05) is 31.3 Å². The van der Waals surface area contributed by atoms with Crippen LogP contribution in [0.5, 0.6) is 0 Å². The molecule has 7 heteroatoms. The van der Waals surface area contributed by atoms with E-state index in [1.165, 1.54) is 12.8 Å². The molecule has 4 atom stereocenters. The normalized spacial score (nSPS) is 30.9. The summed E-state index contributed by atoms with van der Waals surface area (Å²) in [4.78, 5) is 33.8. The van der Waals surface area contributed by atoms with Crippen LogP contribution in [0.3, 0.4) is 0 Å². The van der Waals surface area contributed by atoms with E-state index < -0.39 is 0 Å². The molecule has 7 nitrogen and oxygen atoms in total. The second kappa shape index (κ2) is 8.19. The van der Waals surface area contributed by atoms with Gasteiger partial charge in [0.1, 0.15) is 5.82 Å². The van der Waals surface area contributed by atoms with Gasteiger partial charge in [-0.15, -0.1) is 0 Å². The van der Waals surface area contributed by atoms with Crippen molar-refractivity contribution < 1.29 is 14.3 Å². The van der Waals surface area contributed by atoms with Crippen LogP contribution in [0.15, 0.2) is 30.3 Å². The summed E-state index contributed by atoms with van der Waals surface area (Å²) in [5, 5.41) is 3.43. The van der Waals surface area contributed by atoms with E-state index in [-0.39, 0.29) is 34.6 Å². The van der Waals surface area contributed by atoms with Gasteiger partial charge in [0.2, 0.25) is 5.91 Å². The van der Waals surface area contributed by atoms with Gasteiger partial charge in [-0.3, -0.25) is 9.59 Å².